The Balaban J connectivity index is 1.64. The first-order valence-electron chi connectivity index (χ1n) is 10.1. The van der Waals surface area contributed by atoms with Crippen molar-refractivity contribution >= 4 is 33.8 Å². The number of hydrogen-bond acceptors (Lipinski definition) is 5. The second kappa shape index (κ2) is 8.22. The van der Waals surface area contributed by atoms with Gasteiger partial charge in [0.1, 0.15) is 17.3 Å². The molecule has 0 radical (unpaired) electrons. The van der Waals surface area contributed by atoms with E-state index in [0.29, 0.717) is 40.2 Å². The minimum atomic E-state index is -0.425. The fraction of sp³-hybridized carbons (Fsp3) is 0.292. The summed E-state index contributed by atoms with van der Waals surface area (Å²) in [7, 11) is 1.51. The van der Waals surface area contributed by atoms with Crippen molar-refractivity contribution < 1.29 is 18.7 Å². The van der Waals surface area contributed by atoms with Gasteiger partial charge in [0, 0.05) is 36.0 Å². The average molecular weight is 406 g/mol. The molecule has 0 saturated heterocycles. The third-order valence-corrected chi connectivity index (χ3v) is 5.40. The van der Waals surface area contributed by atoms with Crippen molar-refractivity contribution in [3.05, 3.63) is 59.5 Å². The van der Waals surface area contributed by atoms with Gasteiger partial charge in [0.15, 0.2) is 5.78 Å². The summed E-state index contributed by atoms with van der Waals surface area (Å²) in [6.07, 6.45) is 4.14. The molecule has 0 aliphatic heterocycles. The molecule has 0 spiro atoms. The molecule has 0 unspecified atom stereocenters. The highest BCUT2D eigenvalue weighted by molar-refractivity contribution is 6.04. The highest BCUT2D eigenvalue weighted by Crippen LogP contribution is 2.33. The van der Waals surface area contributed by atoms with E-state index in [2.05, 4.69) is 10.3 Å². The van der Waals surface area contributed by atoms with Gasteiger partial charge in [-0.2, -0.15) is 0 Å². The van der Waals surface area contributed by atoms with Crippen LogP contribution in [0.5, 0.6) is 5.75 Å². The van der Waals surface area contributed by atoms with Crippen LogP contribution in [0.1, 0.15) is 42.1 Å². The summed E-state index contributed by atoms with van der Waals surface area (Å²) < 4.78 is 20.1. The zero-order valence-corrected chi connectivity index (χ0v) is 17.0. The number of ether oxygens (including phenoxy) is 1. The van der Waals surface area contributed by atoms with Gasteiger partial charge >= 0.3 is 0 Å². The Morgan fingerprint density at radius 2 is 1.97 bits per heavy atom. The molecule has 1 fully saturated rings. The van der Waals surface area contributed by atoms with Crippen LogP contribution in [0, 0.1) is 11.7 Å². The Bertz CT molecular complexity index is 1140. The highest BCUT2D eigenvalue weighted by Gasteiger charge is 2.29. The van der Waals surface area contributed by atoms with Gasteiger partial charge in [0.25, 0.3) is 0 Å². The topological polar surface area (TPSA) is 68.3 Å². The first-order chi connectivity index (χ1) is 14.5. The predicted molar refractivity (Wildman–Crippen MR) is 114 cm³/mol. The molecule has 0 bridgehead atoms. The molecule has 0 atom stereocenters. The first-order valence-corrected chi connectivity index (χ1v) is 10.1. The lowest BCUT2D eigenvalue weighted by Gasteiger charge is -2.14. The number of nitrogens with zero attached hydrogens (tertiary/aromatic N) is 1. The zero-order chi connectivity index (χ0) is 21.3. The van der Waals surface area contributed by atoms with Crippen LogP contribution in [0.3, 0.4) is 0 Å². The summed E-state index contributed by atoms with van der Waals surface area (Å²) in [5, 5.41) is 3.82. The summed E-state index contributed by atoms with van der Waals surface area (Å²) in [6, 6.07) is 10.0. The smallest absolute Gasteiger partial charge is 0.166 e. The molecular weight excluding hydrogens is 383 g/mol. The van der Waals surface area contributed by atoms with E-state index in [9.17, 15) is 14.0 Å². The third kappa shape index (κ3) is 4.03. The van der Waals surface area contributed by atoms with Crippen molar-refractivity contribution in [2.24, 2.45) is 5.92 Å². The van der Waals surface area contributed by atoms with Gasteiger partial charge in [-0.3, -0.25) is 14.6 Å². The van der Waals surface area contributed by atoms with E-state index in [4.69, 9.17) is 4.74 Å². The Morgan fingerprint density at radius 3 is 2.63 bits per heavy atom. The largest absolute Gasteiger partial charge is 0.496 e. The summed E-state index contributed by atoms with van der Waals surface area (Å²) in [4.78, 5) is 28.5. The molecule has 4 rings (SSSR count). The Hall–Kier alpha value is -3.28. The number of pyridine rings is 1. The van der Waals surface area contributed by atoms with Crippen LogP contribution < -0.4 is 10.1 Å². The van der Waals surface area contributed by atoms with E-state index in [1.54, 1.807) is 43.5 Å². The van der Waals surface area contributed by atoms with Crippen molar-refractivity contribution in [2.45, 2.75) is 32.6 Å². The van der Waals surface area contributed by atoms with Crippen LogP contribution >= 0.6 is 0 Å². The number of Topliss-reactive ketones (excluding diaryl/α,β-unsaturated/α-hetero) is 2. The van der Waals surface area contributed by atoms with E-state index in [0.717, 1.165) is 18.2 Å². The van der Waals surface area contributed by atoms with Crippen molar-refractivity contribution in [2.75, 3.05) is 12.4 Å². The maximum Gasteiger partial charge on any atom is 0.166 e. The number of nitrogens with one attached hydrogen (secondary N) is 1. The molecule has 1 heterocycles. The quantitative estimate of drug-likeness (QED) is 0.518. The summed E-state index contributed by atoms with van der Waals surface area (Å²) in [6.45, 7) is 1.79. The minimum Gasteiger partial charge on any atom is -0.496 e. The third-order valence-electron chi connectivity index (χ3n) is 5.40. The number of rotatable bonds is 8. The maximum absolute atomic E-state index is 14.7. The standard InChI is InChI=1S/C24H23FN2O3/c1-3-22(28)17-12-21-16(13-24(17)30-2)19(8-9-26-21)27-20-7-4-14(10-18(20)25)11-23(29)15-5-6-15/h4,7-10,12-13,15H,3,5-6,11H2,1-2H3,(H,26,27). The van der Waals surface area contributed by atoms with E-state index in [1.165, 1.54) is 13.2 Å². The Morgan fingerprint density at radius 1 is 1.17 bits per heavy atom. The molecule has 1 aromatic heterocycles. The Kier molecular flexibility index (Phi) is 5.48. The van der Waals surface area contributed by atoms with Crippen molar-refractivity contribution in [3.8, 4) is 5.75 Å². The van der Waals surface area contributed by atoms with Gasteiger partial charge in [0.05, 0.1) is 23.9 Å². The van der Waals surface area contributed by atoms with Gasteiger partial charge in [-0.15, -0.1) is 0 Å². The molecule has 30 heavy (non-hydrogen) atoms. The normalized spacial score (nSPS) is 13.3. The number of halogens is 1. The number of benzene rings is 2. The van der Waals surface area contributed by atoms with Gasteiger partial charge in [0.2, 0.25) is 0 Å². The molecule has 5 nitrogen and oxygen atoms in total. The van der Waals surface area contributed by atoms with Gasteiger partial charge in [-0.1, -0.05) is 13.0 Å². The molecule has 3 aromatic rings. The SMILES string of the molecule is CCC(=O)c1cc2nccc(Nc3ccc(CC(=O)C4CC4)cc3F)c2cc1OC. The van der Waals surface area contributed by atoms with Crippen molar-refractivity contribution in [3.63, 3.8) is 0 Å². The van der Waals surface area contributed by atoms with Crippen LogP contribution in [0.25, 0.3) is 10.9 Å². The molecule has 0 amide bonds. The number of carbonyl (C=O) groups excluding carboxylic acids is 2. The second-order valence-electron chi connectivity index (χ2n) is 7.56. The van der Waals surface area contributed by atoms with Gasteiger partial charge in [-0.25, -0.2) is 4.39 Å². The van der Waals surface area contributed by atoms with E-state index >= 15 is 0 Å². The van der Waals surface area contributed by atoms with E-state index in [-0.39, 0.29) is 23.9 Å². The average Bonchev–Trinajstić information content (AvgIpc) is 3.60. The molecule has 1 saturated carbocycles. The lowest BCUT2D eigenvalue weighted by atomic mass is 10.0. The molecule has 2 aromatic carbocycles. The molecule has 1 aliphatic rings. The second-order valence-corrected chi connectivity index (χ2v) is 7.56. The molecular formula is C24H23FN2O3. The van der Waals surface area contributed by atoms with E-state index < -0.39 is 5.82 Å². The number of aromatic nitrogens is 1. The van der Waals surface area contributed by atoms with Crippen LogP contribution in [0.4, 0.5) is 15.8 Å². The van der Waals surface area contributed by atoms with Crippen LogP contribution in [0.15, 0.2) is 42.6 Å². The van der Waals surface area contributed by atoms with Gasteiger partial charge < -0.3 is 10.1 Å². The fourth-order valence-corrected chi connectivity index (χ4v) is 3.52. The fourth-order valence-electron chi connectivity index (χ4n) is 3.52. The van der Waals surface area contributed by atoms with Crippen molar-refractivity contribution in [1.82, 2.24) is 4.98 Å². The lowest BCUT2D eigenvalue weighted by molar-refractivity contribution is -0.119. The predicted octanol–water partition coefficient (Wildman–Crippen LogP) is 5.24. The van der Waals surface area contributed by atoms with Gasteiger partial charge in [-0.05, 0) is 48.7 Å². The summed E-state index contributed by atoms with van der Waals surface area (Å²) in [5.74, 6) is 0.343. The number of methoxy groups -OCH3 is 1. The number of ketones is 2. The number of fused-ring (bicyclic) bond motifs is 1. The molecule has 1 N–H and O–H groups in total. The number of hydrogen-bond donors (Lipinski definition) is 1. The molecule has 6 heteroatoms. The molecule has 1 aliphatic carbocycles. The number of carbonyl (C=O) groups is 2. The highest BCUT2D eigenvalue weighted by atomic mass is 19.1. The van der Waals surface area contributed by atoms with E-state index in [1.807, 2.05) is 0 Å². The zero-order valence-electron chi connectivity index (χ0n) is 17.0. The summed E-state index contributed by atoms with van der Waals surface area (Å²) >= 11 is 0. The van der Waals surface area contributed by atoms with Crippen LogP contribution in [0.2, 0.25) is 0 Å². The van der Waals surface area contributed by atoms with Crippen LogP contribution in [-0.2, 0) is 11.2 Å². The number of anilines is 2. The monoisotopic (exact) mass is 406 g/mol. The first kappa shape index (κ1) is 20.0. The maximum atomic E-state index is 14.7. The minimum absolute atomic E-state index is 0.0312. The lowest BCUT2D eigenvalue weighted by Crippen LogP contribution is -2.05. The molecule has 154 valence electrons. The Labute approximate surface area is 174 Å². The summed E-state index contributed by atoms with van der Waals surface area (Å²) in [5.41, 5.74) is 2.73. The van der Waals surface area contributed by atoms with Crippen molar-refractivity contribution in [1.29, 1.82) is 0 Å². The van der Waals surface area contributed by atoms with Crippen LogP contribution in [-0.4, -0.2) is 23.7 Å².